The number of hydrogen-bond acceptors (Lipinski definition) is 9. The Kier molecular flexibility index (Phi) is 14.2. The van der Waals surface area contributed by atoms with Crippen molar-refractivity contribution < 1.29 is 33.4 Å². The molecule has 4 atom stereocenters. The summed E-state index contributed by atoms with van der Waals surface area (Å²) >= 11 is 0. The van der Waals surface area contributed by atoms with Crippen LogP contribution in [0.2, 0.25) is 0 Å². The number of imidazole rings is 2. The highest BCUT2D eigenvalue weighted by Gasteiger charge is 2.39. The summed E-state index contributed by atoms with van der Waals surface area (Å²) in [5, 5.41) is 5.43. The molecule has 4 heterocycles. The predicted molar refractivity (Wildman–Crippen MR) is 226 cm³/mol. The van der Waals surface area contributed by atoms with Gasteiger partial charge in [-0.05, 0) is 79.8 Å². The van der Waals surface area contributed by atoms with E-state index in [9.17, 15) is 19.2 Å². The first-order chi connectivity index (χ1) is 28.8. The van der Waals surface area contributed by atoms with Crippen molar-refractivity contribution in [3.63, 3.8) is 0 Å². The lowest BCUT2D eigenvalue weighted by Crippen LogP contribution is -2.54. The maximum atomic E-state index is 14.2. The standard InChI is InChI=1S/C45H58N8O7/c1-8-45(20-10-22-60-27-45)26-52(41(54)38(28(2)3)50-43(56)58-6)25-37-47-33-19-16-31(23-34(33)48-37)13-12-30-14-17-32(18-15-30)35-24-46-40(49-35)36-11-9-21-53(36)42(55)39(29(4)5)51-44(57)59-7/h14-19,23-24,28-29,36,38-39H,8-11,20-22,25-27H2,1-7H3,(H,46,49)(H,47,48)(H,50,56)(H,51,57)/t36-,38-,39-,45-/m0/s1. The number of nitrogens with one attached hydrogen (secondary N) is 4. The zero-order valence-electron chi connectivity index (χ0n) is 35.7. The molecule has 4 N–H and O–H groups in total. The molecule has 2 fully saturated rings. The Morgan fingerprint density at radius 3 is 2.28 bits per heavy atom. The SMILES string of the molecule is CC[C@@]1(CN(Cc2nc3ccc(C#Cc4ccc(-c5cnc([C@@H]6CCCN6C(=O)[C@@H](NC(=O)OC)C(C)C)[nH]5)cc4)cc3[nH]2)C(=O)[C@@H](NC(=O)OC)C(C)C)CCCOC1. The van der Waals surface area contributed by atoms with Gasteiger partial charge in [-0.25, -0.2) is 19.6 Å². The van der Waals surface area contributed by atoms with Gasteiger partial charge in [-0.2, -0.15) is 0 Å². The van der Waals surface area contributed by atoms with Crippen molar-refractivity contribution >= 4 is 35.0 Å². The average Bonchev–Trinajstić information content (AvgIpc) is 4.03. The first-order valence-electron chi connectivity index (χ1n) is 20.9. The molecule has 0 radical (unpaired) electrons. The van der Waals surface area contributed by atoms with Crippen LogP contribution in [0.25, 0.3) is 22.3 Å². The van der Waals surface area contributed by atoms with Crippen LogP contribution in [0.4, 0.5) is 9.59 Å². The van der Waals surface area contributed by atoms with Crippen LogP contribution in [-0.4, -0.2) is 106 Å². The maximum Gasteiger partial charge on any atom is 0.407 e. The molecular weight excluding hydrogens is 765 g/mol. The van der Waals surface area contributed by atoms with Gasteiger partial charge in [0.25, 0.3) is 0 Å². The summed E-state index contributed by atoms with van der Waals surface area (Å²) in [6, 6.07) is 12.0. The molecule has 4 amide bonds. The van der Waals surface area contributed by atoms with E-state index in [0.29, 0.717) is 38.0 Å². The minimum Gasteiger partial charge on any atom is -0.453 e. The van der Waals surface area contributed by atoms with Gasteiger partial charge in [0.15, 0.2) is 0 Å². The van der Waals surface area contributed by atoms with E-state index in [1.807, 2.05) is 70.2 Å². The Labute approximate surface area is 351 Å². The first kappa shape index (κ1) is 43.7. The highest BCUT2D eigenvalue weighted by molar-refractivity contribution is 5.87. The zero-order valence-corrected chi connectivity index (χ0v) is 35.7. The molecule has 2 aliphatic rings. The molecular formula is C45H58N8O7. The van der Waals surface area contributed by atoms with Gasteiger partial charge in [0.1, 0.15) is 23.7 Å². The van der Waals surface area contributed by atoms with Crippen molar-refractivity contribution in [2.24, 2.45) is 17.3 Å². The molecule has 2 aromatic carbocycles. The number of alkyl carbamates (subject to hydrolysis) is 2. The van der Waals surface area contributed by atoms with Gasteiger partial charge in [-0.15, -0.1) is 0 Å². The van der Waals surface area contributed by atoms with E-state index in [-0.39, 0.29) is 41.7 Å². The molecule has 6 rings (SSSR count). The van der Waals surface area contributed by atoms with Crippen LogP contribution >= 0.6 is 0 Å². The number of methoxy groups -OCH3 is 2. The third kappa shape index (κ3) is 10.3. The van der Waals surface area contributed by atoms with Crippen molar-refractivity contribution in [1.29, 1.82) is 0 Å². The molecule has 320 valence electrons. The number of benzene rings is 2. The van der Waals surface area contributed by atoms with Crippen LogP contribution in [-0.2, 0) is 30.3 Å². The second-order valence-corrected chi connectivity index (χ2v) is 16.5. The lowest BCUT2D eigenvalue weighted by molar-refractivity contribution is -0.139. The summed E-state index contributed by atoms with van der Waals surface area (Å²) in [6.07, 6.45) is 4.83. The lowest BCUT2D eigenvalue weighted by atomic mass is 9.79. The topological polar surface area (TPSA) is 184 Å². The van der Waals surface area contributed by atoms with E-state index in [0.717, 1.165) is 65.5 Å². The quantitative estimate of drug-likeness (QED) is 0.112. The number of amides is 4. The number of aromatic amines is 2. The van der Waals surface area contributed by atoms with Gasteiger partial charge >= 0.3 is 12.2 Å². The van der Waals surface area contributed by atoms with E-state index in [1.54, 1.807) is 16.0 Å². The van der Waals surface area contributed by atoms with E-state index in [1.165, 1.54) is 14.2 Å². The van der Waals surface area contributed by atoms with Crippen molar-refractivity contribution in [1.82, 2.24) is 40.4 Å². The Balaban J connectivity index is 1.15. The molecule has 0 bridgehead atoms. The summed E-state index contributed by atoms with van der Waals surface area (Å²) in [6.45, 7) is 12.3. The number of likely N-dealkylation sites (tertiary alicyclic amines) is 1. The van der Waals surface area contributed by atoms with E-state index in [4.69, 9.17) is 19.2 Å². The Bertz CT molecular complexity index is 2190. The van der Waals surface area contributed by atoms with E-state index in [2.05, 4.69) is 44.4 Å². The molecule has 2 aromatic heterocycles. The molecule has 2 aliphatic heterocycles. The fourth-order valence-electron chi connectivity index (χ4n) is 8.06. The van der Waals surface area contributed by atoms with E-state index < -0.39 is 24.3 Å². The Morgan fingerprint density at radius 2 is 1.63 bits per heavy atom. The largest absolute Gasteiger partial charge is 0.453 e. The average molecular weight is 823 g/mol. The summed E-state index contributed by atoms with van der Waals surface area (Å²) in [5.41, 5.74) is 4.76. The number of hydrogen-bond donors (Lipinski definition) is 4. The number of fused-ring (bicyclic) bond motifs is 1. The molecule has 4 aromatic rings. The van der Waals surface area contributed by atoms with Gasteiger partial charge in [-0.3, -0.25) is 9.59 Å². The molecule has 0 unspecified atom stereocenters. The van der Waals surface area contributed by atoms with Gasteiger partial charge in [0.2, 0.25) is 11.8 Å². The molecule has 60 heavy (non-hydrogen) atoms. The van der Waals surface area contributed by atoms with Crippen LogP contribution in [0, 0.1) is 29.1 Å². The summed E-state index contributed by atoms with van der Waals surface area (Å²) in [5.74, 6) is 7.24. The highest BCUT2D eigenvalue weighted by Crippen LogP contribution is 2.35. The predicted octanol–water partition coefficient (Wildman–Crippen LogP) is 6.31. The molecule has 0 aliphatic carbocycles. The molecule has 2 saturated heterocycles. The van der Waals surface area contributed by atoms with Crippen LogP contribution < -0.4 is 10.6 Å². The molecule has 0 saturated carbocycles. The highest BCUT2D eigenvalue weighted by atomic mass is 16.5. The Morgan fingerprint density at radius 1 is 0.950 bits per heavy atom. The fraction of sp³-hybridized carbons (Fsp3) is 0.511. The number of ether oxygens (including phenoxy) is 3. The summed E-state index contributed by atoms with van der Waals surface area (Å²) in [4.78, 5) is 71.8. The van der Waals surface area contributed by atoms with Crippen molar-refractivity contribution in [3.05, 3.63) is 71.4 Å². The van der Waals surface area contributed by atoms with Crippen LogP contribution in [0.15, 0.2) is 48.7 Å². The number of nitrogens with zero attached hydrogens (tertiary/aromatic N) is 4. The van der Waals surface area contributed by atoms with Gasteiger partial charge < -0.3 is 44.6 Å². The summed E-state index contributed by atoms with van der Waals surface area (Å²) in [7, 11) is 2.57. The van der Waals surface area contributed by atoms with Crippen LogP contribution in [0.1, 0.15) is 95.5 Å². The molecule has 0 spiro atoms. The third-order valence-corrected chi connectivity index (χ3v) is 11.6. The molecule has 15 nitrogen and oxygen atoms in total. The number of aromatic nitrogens is 4. The van der Waals surface area contributed by atoms with E-state index >= 15 is 0 Å². The second-order valence-electron chi connectivity index (χ2n) is 16.5. The van der Waals surface area contributed by atoms with Gasteiger partial charge in [-0.1, -0.05) is 58.6 Å². The molecule has 15 heteroatoms. The van der Waals surface area contributed by atoms with Gasteiger partial charge in [0.05, 0.1) is 56.3 Å². The number of H-pyrrole nitrogens is 2. The monoisotopic (exact) mass is 822 g/mol. The van der Waals surface area contributed by atoms with Crippen molar-refractivity contribution in [3.8, 4) is 23.1 Å². The first-order valence-corrected chi connectivity index (χ1v) is 20.9. The lowest BCUT2D eigenvalue weighted by Gasteiger charge is -2.41. The van der Waals surface area contributed by atoms with Crippen molar-refractivity contribution in [2.75, 3.05) is 40.5 Å². The summed E-state index contributed by atoms with van der Waals surface area (Å²) < 4.78 is 15.5. The minimum absolute atomic E-state index is 0.114. The number of rotatable bonds is 13. The van der Waals surface area contributed by atoms with Gasteiger partial charge in [0, 0.05) is 36.2 Å². The normalized spacial score (nSPS) is 18.8. The maximum absolute atomic E-state index is 14.2. The van der Waals surface area contributed by atoms with Crippen LogP contribution in [0.5, 0.6) is 0 Å². The minimum atomic E-state index is -0.768. The zero-order chi connectivity index (χ0) is 43.0. The Hall–Kier alpha value is -5.88. The third-order valence-electron chi connectivity index (χ3n) is 11.6. The number of carbonyl (C=O) groups excluding carboxylic acids is 4. The number of carbonyl (C=O) groups is 4. The van der Waals surface area contributed by atoms with Crippen LogP contribution in [0.3, 0.4) is 0 Å². The van der Waals surface area contributed by atoms with Crippen molar-refractivity contribution in [2.45, 2.75) is 91.4 Å². The fourth-order valence-corrected chi connectivity index (χ4v) is 8.06. The second kappa shape index (κ2) is 19.5. The smallest absolute Gasteiger partial charge is 0.407 e.